The van der Waals surface area contributed by atoms with Crippen LogP contribution in [0.25, 0.3) is 0 Å². The van der Waals surface area contributed by atoms with E-state index in [1.807, 2.05) is 19.2 Å². The molecule has 2 N–H and O–H groups in total. The maximum atomic E-state index is 11.9. The molecule has 1 aromatic carbocycles. The van der Waals surface area contributed by atoms with Crippen LogP contribution in [-0.2, 0) is 11.2 Å². The second-order valence-electron chi connectivity index (χ2n) is 4.79. The quantitative estimate of drug-likeness (QED) is 0.866. The Labute approximate surface area is 118 Å². The maximum Gasteiger partial charge on any atom is 0.260 e. The number of nitrogens with zero attached hydrogens (tertiary/aromatic N) is 1. The van der Waals surface area contributed by atoms with Crippen molar-refractivity contribution >= 4 is 17.5 Å². The van der Waals surface area contributed by atoms with Crippen molar-refractivity contribution in [3.63, 3.8) is 0 Å². The first kappa shape index (κ1) is 14.2. The molecule has 0 bridgehead atoms. The van der Waals surface area contributed by atoms with E-state index in [1.54, 1.807) is 11.0 Å². The molecule has 0 radical (unpaired) electrons. The summed E-state index contributed by atoms with van der Waals surface area (Å²) in [6.07, 6.45) is 2.86. The topological polar surface area (TPSA) is 55.6 Å². The third kappa shape index (κ3) is 3.61. The second-order valence-corrected chi connectivity index (χ2v) is 5.20. The van der Waals surface area contributed by atoms with E-state index in [2.05, 4.69) is 0 Å². The predicted molar refractivity (Wildman–Crippen MR) is 75.5 cm³/mol. The van der Waals surface area contributed by atoms with E-state index in [-0.39, 0.29) is 12.5 Å². The Kier molecular flexibility index (Phi) is 4.66. The molecule has 0 atom stereocenters. The highest BCUT2D eigenvalue weighted by Gasteiger charge is 2.29. The van der Waals surface area contributed by atoms with E-state index in [9.17, 15) is 4.79 Å². The molecule has 1 amide bonds. The van der Waals surface area contributed by atoms with Gasteiger partial charge in [-0.25, -0.2) is 0 Å². The Hall–Kier alpha value is -1.26. The van der Waals surface area contributed by atoms with Gasteiger partial charge in [-0.15, -0.1) is 0 Å². The summed E-state index contributed by atoms with van der Waals surface area (Å²) < 4.78 is 5.60. The zero-order valence-electron chi connectivity index (χ0n) is 11.1. The number of nitrogens with two attached hydrogens (primary N) is 1. The van der Waals surface area contributed by atoms with Crippen molar-refractivity contribution in [1.82, 2.24) is 4.90 Å². The summed E-state index contributed by atoms with van der Waals surface area (Å²) in [5.41, 5.74) is 6.50. The summed E-state index contributed by atoms with van der Waals surface area (Å²) in [6.45, 7) is 0.543. The second kappa shape index (κ2) is 6.26. The lowest BCUT2D eigenvalue weighted by molar-refractivity contribution is -0.132. The first-order valence-electron chi connectivity index (χ1n) is 6.49. The van der Waals surface area contributed by atoms with Gasteiger partial charge < -0.3 is 15.4 Å². The summed E-state index contributed by atoms with van der Waals surface area (Å²) in [7, 11) is 1.82. The number of halogens is 1. The van der Waals surface area contributed by atoms with E-state index in [1.165, 1.54) is 0 Å². The van der Waals surface area contributed by atoms with Gasteiger partial charge >= 0.3 is 0 Å². The van der Waals surface area contributed by atoms with E-state index >= 15 is 0 Å². The van der Waals surface area contributed by atoms with Crippen LogP contribution in [0.5, 0.6) is 5.75 Å². The van der Waals surface area contributed by atoms with Crippen LogP contribution in [0, 0.1) is 0 Å². The molecule has 0 unspecified atom stereocenters. The van der Waals surface area contributed by atoms with Crippen LogP contribution in [0.3, 0.4) is 0 Å². The minimum Gasteiger partial charge on any atom is -0.482 e. The van der Waals surface area contributed by atoms with E-state index in [0.717, 1.165) is 18.4 Å². The number of carbonyl (C=O) groups excluding carboxylic acids is 1. The largest absolute Gasteiger partial charge is 0.482 e. The minimum atomic E-state index is -0.0129. The Morgan fingerprint density at radius 1 is 1.53 bits per heavy atom. The van der Waals surface area contributed by atoms with Crippen molar-refractivity contribution in [2.75, 3.05) is 20.2 Å². The van der Waals surface area contributed by atoms with E-state index in [0.29, 0.717) is 29.8 Å². The van der Waals surface area contributed by atoms with Crippen molar-refractivity contribution in [2.24, 2.45) is 5.73 Å². The lowest BCUT2D eigenvalue weighted by atomic mass is 10.1. The molecule has 1 aliphatic rings. The molecule has 0 heterocycles. The fourth-order valence-corrected chi connectivity index (χ4v) is 2.22. The molecule has 0 spiro atoms. The van der Waals surface area contributed by atoms with Gasteiger partial charge in [-0.05, 0) is 37.4 Å². The SMILES string of the molecule is CN(C(=O)COc1c(Cl)cccc1CCN)C1CC1. The Bertz CT molecular complexity index is 461. The Balaban J connectivity index is 1.99. The van der Waals surface area contributed by atoms with E-state index in [4.69, 9.17) is 22.1 Å². The molecule has 19 heavy (non-hydrogen) atoms. The number of ether oxygens (including phenoxy) is 1. The fraction of sp³-hybridized carbons (Fsp3) is 0.500. The molecule has 5 heteroatoms. The van der Waals surface area contributed by atoms with Gasteiger partial charge in [0.2, 0.25) is 0 Å². The summed E-state index contributed by atoms with van der Waals surface area (Å²) in [6, 6.07) is 5.93. The number of benzene rings is 1. The van der Waals surface area contributed by atoms with Crippen LogP contribution in [0.15, 0.2) is 18.2 Å². The van der Waals surface area contributed by atoms with Crippen molar-refractivity contribution in [3.8, 4) is 5.75 Å². The number of likely N-dealkylation sites (N-methyl/N-ethyl adjacent to an activating group) is 1. The van der Waals surface area contributed by atoms with Crippen LogP contribution in [-0.4, -0.2) is 37.0 Å². The summed E-state index contributed by atoms with van der Waals surface area (Å²) in [4.78, 5) is 13.7. The zero-order valence-corrected chi connectivity index (χ0v) is 11.8. The van der Waals surface area contributed by atoms with E-state index < -0.39 is 0 Å². The van der Waals surface area contributed by atoms with Gasteiger partial charge in [-0.2, -0.15) is 0 Å². The van der Waals surface area contributed by atoms with Crippen molar-refractivity contribution < 1.29 is 9.53 Å². The number of carbonyl (C=O) groups is 1. The number of hydrogen-bond donors (Lipinski definition) is 1. The molecule has 4 nitrogen and oxygen atoms in total. The monoisotopic (exact) mass is 282 g/mol. The normalized spacial score (nSPS) is 14.3. The summed E-state index contributed by atoms with van der Waals surface area (Å²) in [5, 5.41) is 0.521. The first-order valence-corrected chi connectivity index (χ1v) is 6.87. The Morgan fingerprint density at radius 3 is 2.89 bits per heavy atom. The van der Waals surface area contributed by atoms with Gasteiger partial charge in [0.05, 0.1) is 5.02 Å². The van der Waals surface area contributed by atoms with Crippen molar-refractivity contribution in [3.05, 3.63) is 28.8 Å². The van der Waals surface area contributed by atoms with Gasteiger partial charge in [-0.1, -0.05) is 23.7 Å². The highest BCUT2D eigenvalue weighted by atomic mass is 35.5. The van der Waals surface area contributed by atoms with Gasteiger partial charge in [0.25, 0.3) is 5.91 Å². The minimum absolute atomic E-state index is 0.0129. The van der Waals surface area contributed by atoms with Crippen LogP contribution < -0.4 is 10.5 Å². The summed E-state index contributed by atoms with van der Waals surface area (Å²) in [5.74, 6) is 0.563. The molecular formula is C14H19ClN2O2. The van der Waals surface area contributed by atoms with Gasteiger partial charge in [0, 0.05) is 13.1 Å². The molecule has 0 aliphatic heterocycles. The molecule has 1 aliphatic carbocycles. The Morgan fingerprint density at radius 2 is 2.26 bits per heavy atom. The van der Waals surface area contributed by atoms with Crippen LogP contribution in [0.1, 0.15) is 18.4 Å². The smallest absolute Gasteiger partial charge is 0.260 e. The zero-order chi connectivity index (χ0) is 13.8. The molecule has 104 valence electrons. The number of rotatable bonds is 6. The third-order valence-electron chi connectivity index (χ3n) is 3.29. The molecule has 1 saturated carbocycles. The third-order valence-corrected chi connectivity index (χ3v) is 3.59. The van der Waals surface area contributed by atoms with Crippen LogP contribution >= 0.6 is 11.6 Å². The highest BCUT2D eigenvalue weighted by Crippen LogP contribution is 2.29. The van der Waals surface area contributed by atoms with Crippen molar-refractivity contribution in [2.45, 2.75) is 25.3 Å². The van der Waals surface area contributed by atoms with Gasteiger partial charge in [0.1, 0.15) is 5.75 Å². The molecule has 0 aromatic heterocycles. The average Bonchev–Trinajstić information content (AvgIpc) is 3.21. The summed E-state index contributed by atoms with van der Waals surface area (Å²) >= 11 is 6.11. The number of para-hydroxylation sites is 1. The van der Waals surface area contributed by atoms with Crippen LogP contribution in [0.2, 0.25) is 5.02 Å². The molecule has 2 rings (SSSR count). The maximum absolute atomic E-state index is 11.9. The molecule has 1 aromatic rings. The molecule has 1 fully saturated rings. The number of amides is 1. The lowest BCUT2D eigenvalue weighted by Crippen LogP contribution is -2.33. The molecule has 0 saturated heterocycles. The lowest BCUT2D eigenvalue weighted by Gasteiger charge is -2.18. The highest BCUT2D eigenvalue weighted by molar-refractivity contribution is 6.32. The first-order chi connectivity index (χ1) is 9.13. The van der Waals surface area contributed by atoms with Crippen molar-refractivity contribution in [1.29, 1.82) is 0 Å². The number of hydrogen-bond acceptors (Lipinski definition) is 3. The van der Waals surface area contributed by atoms with Gasteiger partial charge in [-0.3, -0.25) is 4.79 Å². The standard InChI is InChI=1S/C14H19ClN2O2/c1-17(11-5-6-11)13(18)9-19-14-10(7-8-16)3-2-4-12(14)15/h2-4,11H,5-9,16H2,1H3. The average molecular weight is 283 g/mol. The van der Waals surface area contributed by atoms with Gasteiger partial charge in [0.15, 0.2) is 6.61 Å². The van der Waals surface area contributed by atoms with Crippen LogP contribution in [0.4, 0.5) is 0 Å². The predicted octanol–water partition coefficient (Wildman–Crippen LogP) is 1.84. The fourth-order valence-electron chi connectivity index (χ4n) is 1.97. The molecular weight excluding hydrogens is 264 g/mol.